The zero-order valence-corrected chi connectivity index (χ0v) is 29.6. The van der Waals surface area contributed by atoms with Gasteiger partial charge in [-0.3, -0.25) is 20.0 Å². The summed E-state index contributed by atoms with van der Waals surface area (Å²) in [7, 11) is 4.15. The first-order valence-electron chi connectivity index (χ1n) is 18.8. The minimum absolute atomic E-state index is 0.132. The van der Waals surface area contributed by atoms with Gasteiger partial charge in [-0.25, -0.2) is 19.7 Å². The smallest absolute Gasteiger partial charge is 0.274 e. The van der Waals surface area contributed by atoms with Crippen molar-refractivity contribution in [2.24, 2.45) is 46.3 Å². The Balaban J connectivity index is 0.000000157. The maximum Gasteiger partial charge on any atom is 0.274 e. The molecular formula is C40H54F2N4O4. The molecule has 2 amide bonds. The molecule has 0 radical (unpaired) electrons. The molecule has 8 saturated carbocycles. The first-order valence-corrected chi connectivity index (χ1v) is 18.8. The van der Waals surface area contributed by atoms with Crippen molar-refractivity contribution in [3.8, 4) is 0 Å². The Morgan fingerprint density at radius 3 is 1.18 bits per heavy atom. The molecule has 0 heterocycles. The number of rotatable bonds is 10. The van der Waals surface area contributed by atoms with Crippen molar-refractivity contribution in [2.45, 2.75) is 90.1 Å². The quantitative estimate of drug-likeness (QED) is 0.155. The lowest BCUT2D eigenvalue weighted by molar-refractivity contribution is -0.0672. The third-order valence-electron chi connectivity index (χ3n) is 13.3. The molecule has 8 aliphatic carbocycles. The van der Waals surface area contributed by atoms with E-state index in [9.17, 15) is 18.4 Å². The fraction of sp³-hybridized carbons (Fsp3) is 0.650. The first kappa shape index (κ1) is 35.5. The zero-order valence-electron chi connectivity index (χ0n) is 29.6. The Kier molecular flexibility index (Phi) is 10.1. The summed E-state index contributed by atoms with van der Waals surface area (Å²) in [6.45, 7) is 3.17. The number of carbonyl (C=O) groups excluding carboxylic acids is 2. The van der Waals surface area contributed by atoms with Gasteiger partial charge in [0, 0.05) is 48.4 Å². The lowest BCUT2D eigenvalue weighted by Gasteiger charge is -2.57. The van der Waals surface area contributed by atoms with E-state index >= 15 is 0 Å². The number of hydroxylamine groups is 2. The van der Waals surface area contributed by atoms with Gasteiger partial charge in [-0.1, -0.05) is 12.1 Å². The van der Waals surface area contributed by atoms with Crippen molar-refractivity contribution < 1.29 is 28.8 Å². The van der Waals surface area contributed by atoms with Crippen molar-refractivity contribution in [1.29, 1.82) is 0 Å². The summed E-state index contributed by atoms with van der Waals surface area (Å²) in [6, 6.07) is 8.80. The van der Waals surface area contributed by atoms with Crippen LogP contribution in [0, 0.1) is 58.0 Å². The molecule has 8 bridgehead atoms. The van der Waals surface area contributed by atoms with Gasteiger partial charge >= 0.3 is 0 Å². The summed E-state index contributed by atoms with van der Waals surface area (Å²) < 4.78 is 28.6. The third-order valence-corrected chi connectivity index (χ3v) is 13.3. The molecular weight excluding hydrogens is 637 g/mol. The largest absolute Gasteiger partial charge is 0.301 e. The van der Waals surface area contributed by atoms with E-state index in [1.165, 1.54) is 100 Å². The van der Waals surface area contributed by atoms with Gasteiger partial charge in [0.25, 0.3) is 11.8 Å². The lowest BCUT2D eigenvalue weighted by Crippen LogP contribution is -2.50. The van der Waals surface area contributed by atoms with Crippen LogP contribution in [0.15, 0.2) is 36.4 Å². The first-order chi connectivity index (χ1) is 23.9. The standard InChI is InChI=1S/2C20H27FN2O2/c2*1-23(11-17-3-2-16(7-18(17)21)19(24)22-25)12-20-8-13-4-14(9-20)6-15(5-13)10-20/h2*2-3,7,13-15,25H,4-6,8-12H2,1H3,(H,22,24)/i21-1;. The summed E-state index contributed by atoms with van der Waals surface area (Å²) in [5.41, 5.74) is 5.42. The van der Waals surface area contributed by atoms with Crippen molar-refractivity contribution in [3.05, 3.63) is 70.3 Å². The summed E-state index contributed by atoms with van der Waals surface area (Å²) in [6.07, 6.45) is 16.7. The second kappa shape index (κ2) is 14.2. The zero-order chi connectivity index (χ0) is 35.2. The second-order valence-electron chi connectivity index (χ2n) is 17.7. The Morgan fingerprint density at radius 2 is 0.920 bits per heavy atom. The highest BCUT2D eigenvalue weighted by Gasteiger charge is 2.52. The predicted molar refractivity (Wildman–Crippen MR) is 185 cm³/mol. The number of nitrogens with one attached hydrogen (secondary N) is 2. The molecule has 0 atom stereocenters. The summed E-state index contributed by atoms with van der Waals surface area (Å²) in [5.74, 6) is 3.39. The molecule has 10 rings (SSSR count). The topological polar surface area (TPSA) is 105 Å². The van der Waals surface area contributed by atoms with Crippen molar-refractivity contribution >= 4 is 11.8 Å². The number of carbonyl (C=O) groups is 2. The highest BCUT2D eigenvalue weighted by atomic mass is 19.1. The molecule has 2 aromatic carbocycles. The second-order valence-corrected chi connectivity index (χ2v) is 17.7. The van der Waals surface area contributed by atoms with Crippen LogP contribution in [-0.2, 0) is 13.1 Å². The molecule has 50 heavy (non-hydrogen) atoms. The van der Waals surface area contributed by atoms with Gasteiger partial charge in [0.15, 0.2) is 0 Å². The summed E-state index contributed by atoms with van der Waals surface area (Å²) in [4.78, 5) is 27.2. The van der Waals surface area contributed by atoms with Crippen LogP contribution >= 0.6 is 0 Å². The van der Waals surface area contributed by atoms with Crippen molar-refractivity contribution in [2.75, 3.05) is 27.2 Å². The van der Waals surface area contributed by atoms with Gasteiger partial charge in [-0.05, 0) is 162 Å². The summed E-state index contributed by atoms with van der Waals surface area (Å²) >= 11 is 0. The Labute approximate surface area is 294 Å². The van der Waals surface area contributed by atoms with E-state index in [1.54, 1.807) is 24.3 Å². The Hall–Kier alpha value is -2.92. The van der Waals surface area contributed by atoms with E-state index in [4.69, 9.17) is 10.4 Å². The number of amides is 2. The average Bonchev–Trinajstić information content (AvgIpc) is 3.04. The summed E-state index contributed by atoms with van der Waals surface area (Å²) in [5, 5.41) is 17.3. The monoisotopic (exact) mass is 691 g/mol. The molecule has 8 nitrogen and oxygen atoms in total. The molecule has 4 N–H and O–H groups in total. The van der Waals surface area contributed by atoms with Crippen LogP contribution in [0.4, 0.5) is 8.78 Å². The normalized spacial score (nSPS) is 33.0. The lowest BCUT2D eigenvalue weighted by atomic mass is 9.49. The molecule has 0 aromatic heterocycles. The minimum atomic E-state index is -0.688. The van der Waals surface area contributed by atoms with Crippen molar-refractivity contribution in [3.63, 3.8) is 0 Å². The van der Waals surface area contributed by atoms with E-state index in [1.807, 2.05) is 0 Å². The number of benzene rings is 2. The molecule has 10 heteroatoms. The van der Waals surface area contributed by atoms with Crippen LogP contribution in [0.3, 0.4) is 0 Å². The maximum absolute atomic E-state index is 14.3. The molecule has 0 spiro atoms. The fourth-order valence-electron chi connectivity index (χ4n) is 12.6. The van der Waals surface area contributed by atoms with E-state index in [0.717, 1.165) is 48.6 Å². The van der Waals surface area contributed by atoms with Gasteiger partial charge in [0.2, 0.25) is 0 Å². The SMILES string of the molecule is CN(Cc1ccc(C(=O)NO)cc1F)CC12CC3CC(CC(C3)C1)C2.CN(Cc1ccc(C(=O)NO)cc1[18F])CC12CC3CC(CC(C3)C1)C2. The highest BCUT2D eigenvalue weighted by molar-refractivity contribution is 5.93. The van der Waals surface area contributed by atoms with Gasteiger partial charge < -0.3 is 9.80 Å². The average molecular weight is 692 g/mol. The van der Waals surface area contributed by atoms with Crippen LogP contribution in [0.25, 0.3) is 0 Å². The Morgan fingerprint density at radius 1 is 0.620 bits per heavy atom. The maximum atomic E-state index is 14.3. The molecule has 2 aromatic rings. The van der Waals surface area contributed by atoms with Crippen LogP contribution in [0.2, 0.25) is 0 Å². The van der Waals surface area contributed by atoms with E-state index in [2.05, 4.69) is 23.9 Å². The predicted octanol–water partition coefficient (Wildman–Crippen LogP) is 7.19. The Bertz CT molecular complexity index is 1400. The molecule has 272 valence electrons. The molecule has 0 aliphatic heterocycles. The number of hydrogen-bond acceptors (Lipinski definition) is 6. The molecule has 8 aliphatic rings. The van der Waals surface area contributed by atoms with Crippen LogP contribution in [0.1, 0.15) is 109 Å². The van der Waals surface area contributed by atoms with Gasteiger partial charge in [0.1, 0.15) is 11.6 Å². The third kappa shape index (κ3) is 7.64. The van der Waals surface area contributed by atoms with Gasteiger partial charge in [-0.15, -0.1) is 0 Å². The highest BCUT2D eigenvalue weighted by Crippen LogP contribution is 2.61. The van der Waals surface area contributed by atoms with E-state index in [-0.39, 0.29) is 11.1 Å². The molecule has 8 fully saturated rings. The van der Waals surface area contributed by atoms with Crippen LogP contribution in [-0.4, -0.2) is 59.2 Å². The number of nitrogens with zero attached hydrogens (tertiary/aromatic N) is 2. The number of hydrogen-bond donors (Lipinski definition) is 4. The number of halogens is 2. The van der Waals surface area contributed by atoms with E-state index in [0.29, 0.717) is 35.0 Å². The fourth-order valence-corrected chi connectivity index (χ4v) is 12.6. The van der Waals surface area contributed by atoms with Crippen LogP contribution < -0.4 is 11.0 Å². The van der Waals surface area contributed by atoms with E-state index < -0.39 is 23.4 Å². The molecule has 0 unspecified atom stereocenters. The van der Waals surface area contributed by atoms with Gasteiger partial charge in [0.05, 0.1) is 0 Å². The minimum Gasteiger partial charge on any atom is -0.301 e. The van der Waals surface area contributed by atoms with Crippen molar-refractivity contribution in [1.82, 2.24) is 20.8 Å². The molecule has 0 saturated heterocycles. The van der Waals surface area contributed by atoms with Crippen LogP contribution in [0.5, 0.6) is 0 Å². The van der Waals surface area contributed by atoms with Gasteiger partial charge in [-0.2, -0.15) is 0 Å².